The van der Waals surface area contributed by atoms with Crippen LogP contribution in [0, 0.1) is 0 Å². The van der Waals surface area contributed by atoms with Crippen LogP contribution in [0.4, 0.5) is 9.80 Å². The summed E-state index contributed by atoms with van der Waals surface area (Å²) in [6, 6.07) is 3.58. The molecular formula is C11H14N4OS. The number of amides is 2. The second kappa shape index (κ2) is 5.49. The first-order valence-corrected chi connectivity index (χ1v) is 6.17. The molecule has 0 fully saturated rings. The van der Waals surface area contributed by atoms with Crippen molar-refractivity contribution in [2.24, 2.45) is 7.05 Å². The van der Waals surface area contributed by atoms with Gasteiger partial charge < -0.3 is 9.88 Å². The van der Waals surface area contributed by atoms with Gasteiger partial charge in [-0.05, 0) is 17.5 Å². The van der Waals surface area contributed by atoms with Gasteiger partial charge in [-0.3, -0.25) is 5.32 Å². The lowest BCUT2D eigenvalue weighted by molar-refractivity contribution is 0.252. The number of aromatic nitrogens is 2. The minimum Gasteiger partial charge on any atom is -0.340 e. The number of thiophene rings is 1. The average Bonchev–Trinajstić information content (AvgIpc) is 2.90. The molecule has 2 aromatic heterocycles. The van der Waals surface area contributed by atoms with Crippen LogP contribution in [0.25, 0.3) is 0 Å². The fourth-order valence-electron chi connectivity index (χ4n) is 1.41. The Labute approximate surface area is 103 Å². The fraction of sp³-hybridized carbons (Fsp3) is 0.273. The van der Waals surface area contributed by atoms with Gasteiger partial charge in [-0.2, -0.15) is 0 Å². The first kappa shape index (κ1) is 11.7. The number of nitrogens with zero attached hydrogens (tertiary/aromatic N) is 2. The van der Waals surface area contributed by atoms with Crippen molar-refractivity contribution in [1.29, 1.82) is 0 Å². The SMILES string of the molecule is Cn1cnc(CCNC(=O)Nc2cccs2)c1. The first-order chi connectivity index (χ1) is 8.24. The van der Waals surface area contributed by atoms with Crippen LogP contribution >= 0.6 is 11.3 Å². The zero-order valence-electron chi connectivity index (χ0n) is 9.51. The Hall–Kier alpha value is -1.82. The van der Waals surface area contributed by atoms with E-state index in [1.165, 1.54) is 11.3 Å². The minimum atomic E-state index is -0.177. The van der Waals surface area contributed by atoms with Gasteiger partial charge in [0.2, 0.25) is 0 Å². The van der Waals surface area contributed by atoms with E-state index in [4.69, 9.17) is 0 Å². The van der Waals surface area contributed by atoms with Crippen LogP contribution in [0.5, 0.6) is 0 Å². The maximum atomic E-state index is 11.5. The number of carbonyl (C=O) groups excluding carboxylic acids is 1. The normalized spacial score (nSPS) is 10.2. The molecule has 6 heteroatoms. The molecule has 0 aliphatic carbocycles. The van der Waals surface area contributed by atoms with Gasteiger partial charge in [0.05, 0.1) is 17.0 Å². The Balaban J connectivity index is 1.70. The van der Waals surface area contributed by atoms with Gasteiger partial charge in [-0.15, -0.1) is 11.3 Å². The summed E-state index contributed by atoms with van der Waals surface area (Å²) in [7, 11) is 1.92. The Morgan fingerprint density at radius 3 is 3.12 bits per heavy atom. The molecule has 2 rings (SSSR count). The van der Waals surface area contributed by atoms with Crippen LogP contribution in [0.1, 0.15) is 5.69 Å². The standard InChI is InChI=1S/C11H14N4OS/c1-15-7-9(13-8-15)4-5-12-11(16)14-10-3-2-6-17-10/h2-3,6-8H,4-5H2,1H3,(H2,12,14,16). The molecule has 2 N–H and O–H groups in total. The van der Waals surface area contributed by atoms with E-state index in [0.29, 0.717) is 6.54 Å². The number of hydrogen-bond donors (Lipinski definition) is 2. The smallest absolute Gasteiger partial charge is 0.319 e. The van der Waals surface area contributed by atoms with Crippen LogP contribution in [0.15, 0.2) is 30.0 Å². The molecule has 0 unspecified atom stereocenters. The van der Waals surface area contributed by atoms with Crippen molar-refractivity contribution < 1.29 is 4.79 Å². The molecule has 0 aromatic carbocycles. The van der Waals surface area contributed by atoms with E-state index in [1.54, 1.807) is 6.33 Å². The summed E-state index contributed by atoms with van der Waals surface area (Å²) < 4.78 is 1.89. The average molecular weight is 250 g/mol. The largest absolute Gasteiger partial charge is 0.340 e. The molecule has 0 saturated carbocycles. The molecule has 2 amide bonds. The summed E-state index contributed by atoms with van der Waals surface area (Å²) >= 11 is 1.50. The molecule has 5 nitrogen and oxygen atoms in total. The van der Waals surface area contributed by atoms with E-state index < -0.39 is 0 Å². The fourth-order valence-corrected chi connectivity index (χ4v) is 2.02. The summed E-state index contributed by atoms with van der Waals surface area (Å²) in [5, 5.41) is 8.31. The third kappa shape index (κ3) is 3.60. The Morgan fingerprint density at radius 1 is 1.59 bits per heavy atom. The van der Waals surface area contributed by atoms with Crippen LogP contribution < -0.4 is 10.6 Å². The molecule has 0 bridgehead atoms. The van der Waals surface area contributed by atoms with Crippen molar-refractivity contribution in [2.75, 3.05) is 11.9 Å². The lowest BCUT2D eigenvalue weighted by Crippen LogP contribution is -2.30. The van der Waals surface area contributed by atoms with E-state index in [9.17, 15) is 4.79 Å². The quantitative estimate of drug-likeness (QED) is 0.870. The third-order valence-corrected chi connectivity index (χ3v) is 2.97. The van der Waals surface area contributed by atoms with E-state index in [1.807, 2.05) is 35.3 Å². The predicted octanol–water partition coefficient (Wildman–Crippen LogP) is 1.85. The minimum absolute atomic E-state index is 0.177. The highest BCUT2D eigenvalue weighted by molar-refractivity contribution is 7.14. The molecular weight excluding hydrogens is 236 g/mol. The van der Waals surface area contributed by atoms with Crippen molar-refractivity contribution in [3.05, 3.63) is 35.7 Å². The Bertz CT molecular complexity index is 477. The van der Waals surface area contributed by atoms with E-state index in [2.05, 4.69) is 15.6 Å². The van der Waals surface area contributed by atoms with Crippen molar-refractivity contribution in [3.8, 4) is 0 Å². The van der Waals surface area contributed by atoms with Gasteiger partial charge >= 0.3 is 6.03 Å². The molecule has 0 radical (unpaired) electrons. The zero-order valence-corrected chi connectivity index (χ0v) is 10.3. The summed E-state index contributed by atoms with van der Waals surface area (Å²) in [5.74, 6) is 0. The molecule has 0 aliphatic heterocycles. The second-order valence-electron chi connectivity index (χ2n) is 3.64. The van der Waals surface area contributed by atoms with E-state index in [0.717, 1.165) is 17.1 Å². The van der Waals surface area contributed by atoms with Crippen molar-refractivity contribution in [1.82, 2.24) is 14.9 Å². The highest BCUT2D eigenvalue weighted by Crippen LogP contribution is 2.14. The number of carbonyl (C=O) groups is 1. The van der Waals surface area contributed by atoms with Crippen LogP contribution in [-0.2, 0) is 13.5 Å². The van der Waals surface area contributed by atoms with Crippen LogP contribution in [0.2, 0.25) is 0 Å². The zero-order chi connectivity index (χ0) is 12.1. The summed E-state index contributed by atoms with van der Waals surface area (Å²) in [6.07, 6.45) is 4.43. The van der Waals surface area contributed by atoms with Crippen LogP contribution in [0.3, 0.4) is 0 Å². The first-order valence-electron chi connectivity index (χ1n) is 5.29. The molecule has 17 heavy (non-hydrogen) atoms. The van der Waals surface area contributed by atoms with E-state index >= 15 is 0 Å². The second-order valence-corrected chi connectivity index (χ2v) is 4.59. The predicted molar refractivity (Wildman–Crippen MR) is 68.3 cm³/mol. The van der Waals surface area contributed by atoms with Gasteiger partial charge in [0.25, 0.3) is 0 Å². The number of imidazole rings is 1. The highest BCUT2D eigenvalue weighted by Gasteiger charge is 2.02. The summed E-state index contributed by atoms with van der Waals surface area (Å²) in [5.41, 5.74) is 0.976. The lowest BCUT2D eigenvalue weighted by atomic mass is 10.3. The molecule has 0 saturated heterocycles. The highest BCUT2D eigenvalue weighted by atomic mass is 32.1. The monoisotopic (exact) mass is 250 g/mol. The molecule has 2 heterocycles. The molecule has 90 valence electrons. The number of aryl methyl sites for hydroxylation is 1. The number of urea groups is 1. The molecule has 2 aromatic rings. The number of anilines is 1. The molecule has 0 atom stereocenters. The maximum absolute atomic E-state index is 11.5. The van der Waals surface area contributed by atoms with Gasteiger partial charge in [-0.1, -0.05) is 0 Å². The van der Waals surface area contributed by atoms with Gasteiger partial charge in [0, 0.05) is 26.2 Å². The van der Waals surface area contributed by atoms with Gasteiger partial charge in [0.1, 0.15) is 0 Å². The Morgan fingerprint density at radius 2 is 2.47 bits per heavy atom. The van der Waals surface area contributed by atoms with Gasteiger partial charge in [0.15, 0.2) is 0 Å². The number of hydrogen-bond acceptors (Lipinski definition) is 3. The topological polar surface area (TPSA) is 59.0 Å². The molecule has 0 spiro atoms. The van der Waals surface area contributed by atoms with Crippen LogP contribution in [-0.4, -0.2) is 22.1 Å². The van der Waals surface area contributed by atoms with Crippen molar-refractivity contribution >= 4 is 22.4 Å². The van der Waals surface area contributed by atoms with Crippen molar-refractivity contribution in [2.45, 2.75) is 6.42 Å². The van der Waals surface area contributed by atoms with Gasteiger partial charge in [-0.25, -0.2) is 9.78 Å². The van der Waals surface area contributed by atoms with Crippen molar-refractivity contribution in [3.63, 3.8) is 0 Å². The molecule has 0 aliphatic rings. The third-order valence-electron chi connectivity index (χ3n) is 2.18. The van der Waals surface area contributed by atoms with E-state index in [-0.39, 0.29) is 6.03 Å². The lowest BCUT2D eigenvalue weighted by Gasteiger charge is -2.04. The Kier molecular flexibility index (Phi) is 3.77. The summed E-state index contributed by atoms with van der Waals surface area (Å²) in [4.78, 5) is 15.6. The maximum Gasteiger partial charge on any atom is 0.319 e. The number of rotatable bonds is 4. The summed E-state index contributed by atoms with van der Waals surface area (Å²) in [6.45, 7) is 0.578. The number of nitrogens with one attached hydrogen (secondary N) is 2.